The van der Waals surface area contributed by atoms with Crippen LogP contribution in [0.5, 0.6) is 0 Å². The average Bonchev–Trinajstić information content (AvgIpc) is 2.94. The molecule has 2 rings (SSSR count). The van der Waals surface area contributed by atoms with Gasteiger partial charge in [-0.1, -0.05) is 0 Å². The Morgan fingerprint density at radius 1 is 1.44 bits per heavy atom. The van der Waals surface area contributed by atoms with Gasteiger partial charge in [0.05, 0.1) is 6.10 Å². The summed E-state index contributed by atoms with van der Waals surface area (Å²) in [4.78, 5) is 24.7. The third-order valence-corrected chi connectivity index (χ3v) is 3.86. The van der Waals surface area contributed by atoms with Crippen LogP contribution in [0.25, 0.3) is 0 Å². The molecule has 2 amide bonds. The van der Waals surface area contributed by atoms with Crippen molar-refractivity contribution >= 4 is 11.8 Å². The highest BCUT2D eigenvalue weighted by Crippen LogP contribution is 2.21. The first kappa shape index (κ1) is 13.3. The van der Waals surface area contributed by atoms with Gasteiger partial charge in [-0.25, -0.2) is 0 Å². The number of nitrogens with two attached hydrogens (primary N) is 1. The summed E-state index contributed by atoms with van der Waals surface area (Å²) in [5, 5.41) is 12.8. The molecule has 3 unspecified atom stereocenters. The fourth-order valence-electron chi connectivity index (χ4n) is 2.79. The normalized spacial score (nSPS) is 31.8. The lowest BCUT2D eigenvalue weighted by atomic mass is 10.0. The van der Waals surface area contributed by atoms with E-state index in [0.717, 1.165) is 25.9 Å². The Bertz CT molecular complexity index is 329. The Morgan fingerprint density at radius 2 is 2.22 bits per heavy atom. The molecular formula is C12H21N3O3. The van der Waals surface area contributed by atoms with Crippen molar-refractivity contribution in [3.8, 4) is 0 Å². The molecule has 18 heavy (non-hydrogen) atoms. The number of carbonyl (C=O) groups is 2. The Labute approximate surface area is 107 Å². The summed E-state index contributed by atoms with van der Waals surface area (Å²) in [6, 6.07) is -0.630. The molecule has 102 valence electrons. The number of primary amides is 1. The second-order valence-corrected chi connectivity index (χ2v) is 5.25. The largest absolute Gasteiger partial charge is 0.391 e. The number of nitrogens with zero attached hydrogens (tertiary/aromatic N) is 1. The van der Waals surface area contributed by atoms with E-state index >= 15 is 0 Å². The Balaban J connectivity index is 1.85. The van der Waals surface area contributed by atoms with Gasteiger partial charge in [0.15, 0.2) is 0 Å². The molecule has 2 aliphatic rings. The van der Waals surface area contributed by atoms with Crippen LogP contribution in [0.15, 0.2) is 0 Å². The lowest BCUT2D eigenvalue weighted by molar-refractivity contribution is -0.137. The van der Waals surface area contributed by atoms with E-state index < -0.39 is 18.1 Å². The number of aliphatic hydroxyl groups excluding tert-OH is 1. The smallest absolute Gasteiger partial charge is 0.240 e. The van der Waals surface area contributed by atoms with Gasteiger partial charge in [0.2, 0.25) is 11.8 Å². The number of hydrogen-bond donors (Lipinski definition) is 3. The van der Waals surface area contributed by atoms with Gasteiger partial charge in [0.25, 0.3) is 0 Å². The minimum absolute atomic E-state index is 0.0674. The maximum atomic E-state index is 12.0. The van der Waals surface area contributed by atoms with Crippen molar-refractivity contribution in [3.05, 3.63) is 0 Å². The molecule has 2 heterocycles. The fraction of sp³-hybridized carbons (Fsp3) is 0.833. The van der Waals surface area contributed by atoms with Crippen molar-refractivity contribution in [2.75, 3.05) is 19.6 Å². The summed E-state index contributed by atoms with van der Waals surface area (Å²) in [5.41, 5.74) is 5.25. The zero-order valence-corrected chi connectivity index (χ0v) is 10.5. The van der Waals surface area contributed by atoms with Crippen molar-refractivity contribution in [2.45, 2.75) is 37.8 Å². The average molecular weight is 255 g/mol. The number of hydrogen-bond acceptors (Lipinski definition) is 4. The van der Waals surface area contributed by atoms with Crippen molar-refractivity contribution in [1.82, 2.24) is 10.2 Å². The van der Waals surface area contributed by atoms with Gasteiger partial charge in [-0.15, -0.1) is 0 Å². The Morgan fingerprint density at radius 3 is 2.83 bits per heavy atom. The van der Waals surface area contributed by atoms with Crippen LogP contribution in [-0.4, -0.2) is 53.6 Å². The predicted molar refractivity (Wildman–Crippen MR) is 65.5 cm³/mol. The van der Waals surface area contributed by atoms with Crippen LogP contribution in [0.4, 0.5) is 0 Å². The van der Waals surface area contributed by atoms with Crippen LogP contribution in [-0.2, 0) is 9.59 Å². The first-order chi connectivity index (χ1) is 8.58. The lowest BCUT2D eigenvalue weighted by Crippen LogP contribution is -2.43. The molecule has 2 fully saturated rings. The molecule has 6 nitrogen and oxygen atoms in total. The van der Waals surface area contributed by atoms with E-state index in [1.807, 2.05) is 0 Å². The number of β-amino-alcohol motifs (C(OH)–C–C–N with tert-alkyl or cyclic N) is 1. The predicted octanol–water partition coefficient (Wildman–Crippen LogP) is -1.18. The number of aliphatic hydroxyl groups is 1. The molecule has 0 saturated carbocycles. The summed E-state index contributed by atoms with van der Waals surface area (Å²) < 4.78 is 0. The molecular weight excluding hydrogens is 234 g/mol. The Hall–Kier alpha value is -1.14. The Kier molecular flexibility index (Phi) is 4.19. The van der Waals surface area contributed by atoms with E-state index in [1.165, 1.54) is 4.90 Å². The molecule has 0 aliphatic carbocycles. The van der Waals surface area contributed by atoms with E-state index in [0.29, 0.717) is 12.3 Å². The maximum Gasteiger partial charge on any atom is 0.240 e. The highest BCUT2D eigenvalue weighted by molar-refractivity contribution is 5.87. The van der Waals surface area contributed by atoms with Crippen molar-refractivity contribution in [2.24, 2.45) is 11.7 Å². The van der Waals surface area contributed by atoms with Gasteiger partial charge in [0, 0.05) is 19.4 Å². The molecule has 4 N–H and O–H groups in total. The highest BCUT2D eigenvalue weighted by Gasteiger charge is 2.37. The monoisotopic (exact) mass is 255 g/mol. The van der Waals surface area contributed by atoms with Crippen molar-refractivity contribution < 1.29 is 14.7 Å². The van der Waals surface area contributed by atoms with Crippen LogP contribution >= 0.6 is 0 Å². The highest BCUT2D eigenvalue weighted by atomic mass is 16.3. The number of likely N-dealkylation sites (tertiary alicyclic amines) is 1. The van der Waals surface area contributed by atoms with E-state index in [2.05, 4.69) is 5.32 Å². The van der Waals surface area contributed by atoms with Gasteiger partial charge in [-0.3, -0.25) is 9.59 Å². The van der Waals surface area contributed by atoms with E-state index in [9.17, 15) is 14.7 Å². The molecule has 2 aliphatic heterocycles. The standard InChI is InChI=1S/C12H21N3O3/c13-12(18)10-5-9(16)7-15(10)11(17)2-1-8-3-4-14-6-8/h8-10,14,16H,1-7H2,(H2,13,18). The topological polar surface area (TPSA) is 95.7 Å². The third kappa shape index (κ3) is 3.00. The summed E-state index contributed by atoms with van der Waals surface area (Å²) in [5.74, 6) is -0.0433. The second kappa shape index (κ2) is 5.67. The lowest BCUT2D eigenvalue weighted by Gasteiger charge is -2.22. The van der Waals surface area contributed by atoms with Gasteiger partial charge in [0.1, 0.15) is 6.04 Å². The quantitative estimate of drug-likeness (QED) is 0.589. The summed E-state index contributed by atoms with van der Waals surface area (Å²) >= 11 is 0. The van der Waals surface area contributed by atoms with E-state index in [4.69, 9.17) is 5.73 Å². The zero-order chi connectivity index (χ0) is 13.1. The van der Waals surface area contributed by atoms with Gasteiger partial charge < -0.3 is 21.1 Å². The van der Waals surface area contributed by atoms with E-state index in [1.54, 1.807) is 0 Å². The van der Waals surface area contributed by atoms with Gasteiger partial charge >= 0.3 is 0 Å². The van der Waals surface area contributed by atoms with Crippen molar-refractivity contribution in [3.63, 3.8) is 0 Å². The van der Waals surface area contributed by atoms with E-state index in [-0.39, 0.29) is 18.9 Å². The summed E-state index contributed by atoms with van der Waals surface area (Å²) in [6.45, 7) is 2.22. The van der Waals surface area contributed by atoms with Gasteiger partial charge in [-0.05, 0) is 31.8 Å². The summed E-state index contributed by atoms with van der Waals surface area (Å²) in [6.07, 6.45) is 2.02. The minimum atomic E-state index is -0.630. The molecule has 2 saturated heterocycles. The molecule has 3 atom stereocenters. The molecule has 0 radical (unpaired) electrons. The molecule has 0 bridgehead atoms. The van der Waals surface area contributed by atoms with Crippen molar-refractivity contribution in [1.29, 1.82) is 0 Å². The number of rotatable bonds is 4. The summed E-state index contributed by atoms with van der Waals surface area (Å²) in [7, 11) is 0. The molecule has 6 heteroatoms. The second-order valence-electron chi connectivity index (χ2n) is 5.25. The molecule has 0 aromatic carbocycles. The number of nitrogens with one attached hydrogen (secondary N) is 1. The first-order valence-electron chi connectivity index (χ1n) is 6.55. The third-order valence-electron chi connectivity index (χ3n) is 3.86. The molecule has 0 aromatic heterocycles. The minimum Gasteiger partial charge on any atom is -0.391 e. The molecule has 0 aromatic rings. The van der Waals surface area contributed by atoms with Crippen LogP contribution < -0.4 is 11.1 Å². The zero-order valence-electron chi connectivity index (χ0n) is 10.5. The fourth-order valence-corrected chi connectivity index (χ4v) is 2.79. The molecule has 0 spiro atoms. The van der Waals surface area contributed by atoms with Gasteiger partial charge in [-0.2, -0.15) is 0 Å². The SMILES string of the molecule is NC(=O)C1CC(O)CN1C(=O)CCC1CCNC1. The number of carbonyl (C=O) groups excluding carboxylic acids is 2. The first-order valence-corrected chi connectivity index (χ1v) is 6.55. The van der Waals surface area contributed by atoms with Crippen LogP contribution in [0.1, 0.15) is 25.7 Å². The van der Waals surface area contributed by atoms with Crippen LogP contribution in [0.3, 0.4) is 0 Å². The van der Waals surface area contributed by atoms with Crippen LogP contribution in [0.2, 0.25) is 0 Å². The van der Waals surface area contributed by atoms with Crippen LogP contribution in [0, 0.1) is 5.92 Å². The maximum absolute atomic E-state index is 12.0. The number of amides is 2.